The van der Waals surface area contributed by atoms with Crippen LogP contribution >= 0.6 is 11.3 Å². The number of anilines is 1. The Bertz CT molecular complexity index is 986. The molecule has 0 unspecified atom stereocenters. The largest absolute Gasteiger partial charge is 0.494 e. The Balaban J connectivity index is 1.78. The topological polar surface area (TPSA) is 68.3 Å². The number of amides is 1. The first-order chi connectivity index (χ1) is 13.0. The van der Waals surface area contributed by atoms with E-state index in [0.717, 1.165) is 16.9 Å². The fourth-order valence-corrected chi connectivity index (χ4v) is 3.47. The number of thiazole rings is 1. The number of nitrogens with zero attached hydrogens (tertiary/aromatic N) is 1. The van der Waals surface area contributed by atoms with Gasteiger partial charge in [-0.15, -0.1) is 0 Å². The molecule has 0 saturated carbocycles. The predicted octanol–water partition coefficient (Wildman–Crippen LogP) is 4.34. The molecule has 1 amide bonds. The summed E-state index contributed by atoms with van der Waals surface area (Å²) in [5.41, 5.74) is 1.85. The van der Waals surface area contributed by atoms with Crippen molar-refractivity contribution >= 4 is 28.2 Å². The van der Waals surface area contributed by atoms with Gasteiger partial charge in [0.2, 0.25) is 5.91 Å². The van der Waals surface area contributed by atoms with Crippen molar-refractivity contribution < 1.29 is 18.7 Å². The Labute approximate surface area is 159 Å². The summed E-state index contributed by atoms with van der Waals surface area (Å²) in [4.78, 5) is 29.1. The van der Waals surface area contributed by atoms with E-state index >= 15 is 0 Å². The van der Waals surface area contributed by atoms with Crippen LogP contribution in [0.25, 0.3) is 11.3 Å². The highest BCUT2D eigenvalue weighted by molar-refractivity contribution is 7.18. The van der Waals surface area contributed by atoms with Crippen LogP contribution in [0.4, 0.5) is 9.52 Å². The lowest BCUT2D eigenvalue weighted by molar-refractivity contribution is -0.115. The Morgan fingerprint density at radius 3 is 2.56 bits per heavy atom. The van der Waals surface area contributed by atoms with E-state index in [1.54, 1.807) is 6.07 Å². The number of ketones is 1. The van der Waals surface area contributed by atoms with Crippen LogP contribution in [0.1, 0.15) is 22.2 Å². The number of rotatable bonds is 6. The third-order valence-electron chi connectivity index (χ3n) is 3.82. The normalized spacial score (nSPS) is 10.5. The zero-order valence-corrected chi connectivity index (χ0v) is 15.6. The van der Waals surface area contributed by atoms with Gasteiger partial charge in [-0.25, -0.2) is 9.37 Å². The summed E-state index contributed by atoms with van der Waals surface area (Å²) in [5, 5.41) is 3.02. The van der Waals surface area contributed by atoms with Gasteiger partial charge < -0.3 is 10.1 Å². The number of halogens is 1. The quantitative estimate of drug-likeness (QED) is 0.642. The van der Waals surface area contributed by atoms with Crippen LogP contribution in [-0.2, 0) is 11.2 Å². The maximum Gasteiger partial charge on any atom is 0.230 e. The first-order valence-electron chi connectivity index (χ1n) is 8.17. The fourth-order valence-electron chi connectivity index (χ4n) is 2.57. The molecule has 3 aromatic rings. The third-order valence-corrected chi connectivity index (χ3v) is 4.89. The maximum absolute atomic E-state index is 13.8. The van der Waals surface area contributed by atoms with Crippen molar-refractivity contribution in [3.63, 3.8) is 0 Å². The van der Waals surface area contributed by atoms with E-state index in [0.29, 0.717) is 21.3 Å². The molecule has 0 saturated heterocycles. The van der Waals surface area contributed by atoms with Gasteiger partial charge >= 0.3 is 0 Å². The molecule has 1 N–H and O–H groups in total. The average Bonchev–Trinajstić information content (AvgIpc) is 3.06. The second kappa shape index (κ2) is 8.09. The zero-order valence-electron chi connectivity index (χ0n) is 14.8. The van der Waals surface area contributed by atoms with E-state index in [4.69, 9.17) is 4.74 Å². The first kappa shape index (κ1) is 18.7. The van der Waals surface area contributed by atoms with Crippen LogP contribution in [0.5, 0.6) is 5.75 Å². The summed E-state index contributed by atoms with van der Waals surface area (Å²) < 4.78 is 18.6. The zero-order chi connectivity index (χ0) is 19.4. The van der Waals surface area contributed by atoms with Crippen LogP contribution < -0.4 is 10.1 Å². The van der Waals surface area contributed by atoms with Crippen molar-refractivity contribution in [1.82, 2.24) is 4.98 Å². The third kappa shape index (κ3) is 4.38. The van der Waals surface area contributed by atoms with Gasteiger partial charge in [-0.05, 0) is 17.7 Å². The predicted molar refractivity (Wildman–Crippen MR) is 103 cm³/mol. The number of aromatic nitrogens is 1. The summed E-state index contributed by atoms with van der Waals surface area (Å²) in [5.74, 6) is -0.868. The average molecular weight is 384 g/mol. The number of methoxy groups -OCH3 is 1. The second-order valence-electron chi connectivity index (χ2n) is 5.81. The molecular weight excluding hydrogens is 367 g/mol. The van der Waals surface area contributed by atoms with Crippen LogP contribution in [-0.4, -0.2) is 23.8 Å². The molecule has 7 heteroatoms. The Hall–Kier alpha value is -3.06. The molecule has 1 aromatic heterocycles. The van der Waals surface area contributed by atoms with E-state index in [2.05, 4.69) is 10.3 Å². The molecule has 0 fully saturated rings. The highest BCUT2D eigenvalue weighted by Gasteiger charge is 2.18. The van der Waals surface area contributed by atoms with Gasteiger partial charge in [0.25, 0.3) is 0 Å². The van der Waals surface area contributed by atoms with Crippen molar-refractivity contribution in [3.05, 3.63) is 64.8 Å². The van der Waals surface area contributed by atoms with Gasteiger partial charge in [0.15, 0.2) is 22.5 Å². The van der Waals surface area contributed by atoms with Crippen LogP contribution in [0, 0.1) is 5.82 Å². The Morgan fingerprint density at radius 1 is 1.19 bits per heavy atom. The van der Waals surface area contributed by atoms with Gasteiger partial charge in [0, 0.05) is 12.5 Å². The molecule has 0 atom stereocenters. The van der Waals surface area contributed by atoms with Crippen molar-refractivity contribution in [2.45, 2.75) is 13.3 Å². The van der Waals surface area contributed by atoms with E-state index < -0.39 is 5.82 Å². The number of hydrogen-bond donors (Lipinski definition) is 1. The molecule has 0 radical (unpaired) electrons. The van der Waals surface area contributed by atoms with Gasteiger partial charge in [0.1, 0.15) is 0 Å². The highest BCUT2D eigenvalue weighted by atomic mass is 32.1. The SMILES string of the molecule is COc1ccc(CC(=O)Nc2nc(-c3ccccc3)c(C(C)=O)s2)cc1F. The molecule has 138 valence electrons. The van der Waals surface area contributed by atoms with Crippen molar-refractivity contribution in [2.75, 3.05) is 12.4 Å². The monoisotopic (exact) mass is 384 g/mol. The molecule has 0 bridgehead atoms. The summed E-state index contributed by atoms with van der Waals surface area (Å²) in [6, 6.07) is 13.7. The molecule has 5 nitrogen and oxygen atoms in total. The van der Waals surface area contributed by atoms with Gasteiger partial charge in [-0.3, -0.25) is 9.59 Å². The molecule has 3 rings (SSSR count). The molecule has 0 aliphatic rings. The van der Waals surface area contributed by atoms with Crippen LogP contribution in [0.3, 0.4) is 0 Å². The van der Waals surface area contributed by atoms with Gasteiger partial charge in [-0.2, -0.15) is 0 Å². The van der Waals surface area contributed by atoms with Crippen molar-refractivity contribution in [3.8, 4) is 17.0 Å². The number of hydrogen-bond acceptors (Lipinski definition) is 5. The van der Waals surface area contributed by atoms with Crippen molar-refractivity contribution in [2.24, 2.45) is 0 Å². The summed E-state index contributed by atoms with van der Waals surface area (Å²) >= 11 is 1.12. The second-order valence-corrected chi connectivity index (χ2v) is 6.81. The van der Waals surface area contributed by atoms with Crippen LogP contribution in [0.2, 0.25) is 0 Å². The maximum atomic E-state index is 13.8. The number of Topliss-reactive ketones (excluding diaryl/α,β-unsaturated/α-hetero) is 1. The highest BCUT2D eigenvalue weighted by Crippen LogP contribution is 2.31. The standard InChI is InChI=1S/C20H17FN2O3S/c1-12(24)19-18(14-6-4-3-5-7-14)23-20(27-19)22-17(25)11-13-8-9-16(26-2)15(21)10-13/h3-10H,11H2,1-2H3,(H,22,23,25). The molecule has 0 aliphatic heterocycles. The minimum atomic E-state index is -0.526. The lowest BCUT2D eigenvalue weighted by atomic mass is 10.1. The number of nitrogens with one attached hydrogen (secondary N) is 1. The molecule has 0 spiro atoms. The Morgan fingerprint density at radius 2 is 1.93 bits per heavy atom. The molecule has 1 heterocycles. The summed E-state index contributed by atoms with van der Waals surface area (Å²) in [7, 11) is 1.38. The van der Waals surface area contributed by atoms with E-state index in [1.807, 2.05) is 30.3 Å². The molecule has 0 aliphatic carbocycles. The van der Waals surface area contributed by atoms with Crippen LogP contribution in [0.15, 0.2) is 48.5 Å². The van der Waals surface area contributed by atoms with Gasteiger partial charge in [0.05, 0.1) is 24.1 Å². The molecular formula is C20H17FN2O3S. The minimum absolute atomic E-state index is 0.0173. The van der Waals surface area contributed by atoms with E-state index in [9.17, 15) is 14.0 Å². The minimum Gasteiger partial charge on any atom is -0.494 e. The van der Waals surface area contributed by atoms with Gasteiger partial charge in [-0.1, -0.05) is 47.7 Å². The number of ether oxygens (including phenoxy) is 1. The van der Waals surface area contributed by atoms with Crippen molar-refractivity contribution in [1.29, 1.82) is 0 Å². The number of carbonyl (C=O) groups excluding carboxylic acids is 2. The smallest absolute Gasteiger partial charge is 0.230 e. The molecule has 2 aromatic carbocycles. The lowest BCUT2D eigenvalue weighted by Crippen LogP contribution is -2.14. The lowest BCUT2D eigenvalue weighted by Gasteiger charge is -2.05. The summed E-state index contributed by atoms with van der Waals surface area (Å²) in [6.45, 7) is 1.46. The van der Waals surface area contributed by atoms with E-state index in [-0.39, 0.29) is 23.9 Å². The number of carbonyl (C=O) groups is 2. The summed E-state index contributed by atoms with van der Waals surface area (Å²) in [6.07, 6.45) is -0.0173. The Kier molecular flexibility index (Phi) is 5.61. The number of benzene rings is 2. The molecule has 27 heavy (non-hydrogen) atoms. The van der Waals surface area contributed by atoms with E-state index in [1.165, 1.54) is 26.2 Å². The first-order valence-corrected chi connectivity index (χ1v) is 8.99. The fraction of sp³-hybridized carbons (Fsp3) is 0.150.